The van der Waals surface area contributed by atoms with Gasteiger partial charge in [0.1, 0.15) is 23.4 Å². The fraction of sp³-hybridized carbons (Fsp3) is 0.241. The summed E-state index contributed by atoms with van der Waals surface area (Å²) >= 11 is 0. The third-order valence-corrected chi connectivity index (χ3v) is 6.88. The van der Waals surface area contributed by atoms with E-state index in [1.807, 2.05) is 63.2 Å². The summed E-state index contributed by atoms with van der Waals surface area (Å²) in [5.74, 6) is -0.337. The maximum Gasteiger partial charge on any atom is 0.300 e. The van der Waals surface area contributed by atoms with Gasteiger partial charge in [-0.15, -0.1) is 0 Å². The van der Waals surface area contributed by atoms with E-state index in [1.165, 1.54) is 4.90 Å². The molecule has 0 aliphatic carbocycles. The summed E-state index contributed by atoms with van der Waals surface area (Å²) in [6.45, 7) is 5.86. The fourth-order valence-corrected chi connectivity index (χ4v) is 4.99. The molecule has 2 atom stereocenters. The number of hydrogen-bond donors (Lipinski definition) is 1. The number of para-hydroxylation sites is 1. The number of aliphatic hydroxyl groups excluding tert-OH is 1. The first-order valence-electron chi connectivity index (χ1n) is 11.6. The number of fused-ring (bicyclic) bond motifs is 1. The van der Waals surface area contributed by atoms with Crippen molar-refractivity contribution in [1.29, 1.82) is 0 Å². The highest BCUT2D eigenvalue weighted by molar-refractivity contribution is 6.51. The molecule has 2 aliphatic heterocycles. The van der Waals surface area contributed by atoms with Crippen molar-refractivity contribution in [3.05, 3.63) is 94.1 Å². The van der Waals surface area contributed by atoms with Crippen molar-refractivity contribution in [3.63, 3.8) is 0 Å². The van der Waals surface area contributed by atoms with Crippen molar-refractivity contribution in [2.75, 3.05) is 12.0 Å². The lowest BCUT2D eigenvalue weighted by atomic mass is 9.93. The highest BCUT2D eigenvalue weighted by Gasteiger charge is 2.48. The Balaban J connectivity index is 1.75. The van der Waals surface area contributed by atoms with E-state index < -0.39 is 17.7 Å². The molecule has 2 aliphatic rings. The molecule has 1 fully saturated rings. The molecule has 0 bridgehead atoms. The molecule has 6 heteroatoms. The molecule has 1 saturated heterocycles. The van der Waals surface area contributed by atoms with Crippen LogP contribution in [0.5, 0.6) is 11.5 Å². The number of aryl methyl sites for hydroxylation is 1. The van der Waals surface area contributed by atoms with Gasteiger partial charge >= 0.3 is 0 Å². The number of amides is 1. The van der Waals surface area contributed by atoms with Crippen molar-refractivity contribution >= 4 is 23.1 Å². The van der Waals surface area contributed by atoms with Gasteiger partial charge in [0.2, 0.25) is 0 Å². The number of carbonyl (C=O) groups excluding carboxylic acids is 2. The molecule has 0 aromatic heterocycles. The minimum Gasteiger partial charge on any atom is -0.507 e. The van der Waals surface area contributed by atoms with Crippen molar-refractivity contribution in [2.45, 2.75) is 39.3 Å². The van der Waals surface area contributed by atoms with Gasteiger partial charge in [-0.1, -0.05) is 30.3 Å². The summed E-state index contributed by atoms with van der Waals surface area (Å²) < 4.78 is 11.4. The molecule has 0 spiro atoms. The second-order valence-corrected chi connectivity index (χ2v) is 9.09. The Morgan fingerprint density at radius 3 is 2.60 bits per heavy atom. The van der Waals surface area contributed by atoms with Crippen molar-refractivity contribution in [2.24, 2.45) is 0 Å². The standard InChI is InChI=1S/C29H27NO5/c1-16-8-7-10-22(18(16)3)30-26(21-9-5-6-11-24(21)34-4)25(28(32)29(30)33)27(31)19-12-13-23-20(15-19)14-17(2)35-23/h5-13,15,17,26,31H,14H2,1-4H3/b27-25+. The normalized spacial score (nSPS) is 20.6. The first kappa shape index (κ1) is 22.7. The van der Waals surface area contributed by atoms with Gasteiger partial charge in [0.05, 0.1) is 18.7 Å². The van der Waals surface area contributed by atoms with Crippen LogP contribution in [-0.4, -0.2) is 30.0 Å². The van der Waals surface area contributed by atoms with Crippen molar-refractivity contribution < 1.29 is 24.2 Å². The molecule has 1 N–H and O–H groups in total. The number of rotatable bonds is 4. The maximum absolute atomic E-state index is 13.5. The van der Waals surface area contributed by atoms with Crippen molar-refractivity contribution in [1.82, 2.24) is 0 Å². The molecule has 2 unspecified atom stereocenters. The van der Waals surface area contributed by atoms with Crippen LogP contribution in [0.2, 0.25) is 0 Å². The van der Waals surface area contributed by atoms with Crippen LogP contribution in [-0.2, 0) is 16.0 Å². The number of methoxy groups -OCH3 is 1. The van der Waals surface area contributed by atoms with Crippen molar-refractivity contribution in [3.8, 4) is 11.5 Å². The number of Topliss-reactive ketones (excluding diaryl/α,β-unsaturated/α-hetero) is 1. The highest BCUT2D eigenvalue weighted by atomic mass is 16.5. The van der Waals surface area contributed by atoms with Gasteiger partial charge in [-0.05, 0) is 67.8 Å². The molecule has 5 rings (SSSR count). The molecule has 35 heavy (non-hydrogen) atoms. The van der Waals surface area contributed by atoms with Gasteiger partial charge in [-0.2, -0.15) is 0 Å². The van der Waals surface area contributed by atoms with E-state index in [0.29, 0.717) is 29.0 Å². The zero-order valence-electron chi connectivity index (χ0n) is 20.2. The topological polar surface area (TPSA) is 76.1 Å². The van der Waals surface area contributed by atoms with Gasteiger partial charge in [0.25, 0.3) is 11.7 Å². The van der Waals surface area contributed by atoms with Crippen LogP contribution in [0, 0.1) is 13.8 Å². The molecule has 1 amide bonds. The quantitative estimate of drug-likeness (QED) is 0.320. The molecule has 3 aromatic rings. The molecule has 0 radical (unpaired) electrons. The van der Waals surface area contributed by atoms with Crippen LogP contribution >= 0.6 is 0 Å². The van der Waals surface area contributed by atoms with E-state index >= 15 is 0 Å². The van der Waals surface area contributed by atoms with Gasteiger partial charge in [-0.3, -0.25) is 14.5 Å². The molecular weight excluding hydrogens is 442 g/mol. The molecule has 6 nitrogen and oxygen atoms in total. The smallest absolute Gasteiger partial charge is 0.300 e. The highest BCUT2D eigenvalue weighted by Crippen LogP contribution is 2.46. The second-order valence-electron chi connectivity index (χ2n) is 9.09. The lowest BCUT2D eigenvalue weighted by molar-refractivity contribution is -0.132. The van der Waals surface area contributed by atoms with E-state index in [4.69, 9.17) is 9.47 Å². The molecule has 0 saturated carbocycles. The Morgan fingerprint density at radius 1 is 1.06 bits per heavy atom. The number of aliphatic hydroxyl groups is 1. The van der Waals surface area contributed by atoms with Gasteiger partial charge < -0.3 is 14.6 Å². The number of nitrogens with zero attached hydrogens (tertiary/aromatic N) is 1. The number of anilines is 1. The average molecular weight is 470 g/mol. The third-order valence-electron chi connectivity index (χ3n) is 6.88. The first-order chi connectivity index (χ1) is 16.8. The van der Waals surface area contributed by atoms with Gasteiger partial charge in [0.15, 0.2) is 0 Å². The minimum atomic E-state index is -0.852. The summed E-state index contributed by atoms with van der Waals surface area (Å²) in [6, 6.07) is 17.4. The number of ketones is 1. The van der Waals surface area contributed by atoms with Crippen LogP contribution in [0.1, 0.15) is 40.8 Å². The molecular formula is C29H27NO5. The largest absolute Gasteiger partial charge is 0.507 e. The summed E-state index contributed by atoms with van der Waals surface area (Å²) in [5, 5.41) is 11.5. The molecule has 2 heterocycles. The Labute approximate surface area is 204 Å². The zero-order valence-corrected chi connectivity index (χ0v) is 20.2. The average Bonchev–Trinajstić information content (AvgIpc) is 3.35. The summed E-state index contributed by atoms with van der Waals surface area (Å²) in [5.41, 5.74) is 4.59. The predicted molar refractivity (Wildman–Crippen MR) is 134 cm³/mol. The number of benzene rings is 3. The molecule has 3 aromatic carbocycles. The Morgan fingerprint density at radius 2 is 1.83 bits per heavy atom. The fourth-order valence-electron chi connectivity index (χ4n) is 4.99. The Kier molecular flexibility index (Phi) is 5.59. The van der Waals surface area contributed by atoms with Crippen LogP contribution in [0.15, 0.2) is 66.2 Å². The van der Waals surface area contributed by atoms with Crippen LogP contribution in [0.4, 0.5) is 5.69 Å². The third kappa shape index (κ3) is 3.66. The van der Waals surface area contributed by atoms with E-state index in [-0.39, 0.29) is 17.4 Å². The number of hydrogen-bond acceptors (Lipinski definition) is 5. The van der Waals surface area contributed by atoms with E-state index in [1.54, 1.807) is 25.3 Å². The van der Waals surface area contributed by atoms with E-state index in [9.17, 15) is 14.7 Å². The lowest BCUT2D eigenvalue weighted by Crippen LogP contribution is -2.30. The Hall–Kier alpha value is -4.06. The predicted octanol–water partition coefficient (Wildman–Crippen LogP) is 5.26. The second kappa shape index (κ2) is 8.62. The number of ether oxygens (including phenoxy) is 2. The zero-order chi connectivity index (χ0) is 24.9. The first-order valence-corrected chi connectivity index (χ1v) is 11.6. The SMILES string of the molecule is COc1ccccc1C1/C(=C(\O)c2ccc3c(c2)CC(C)O3)C(=O)C(=O)N1c1cccc(C)c1C. The maximum atomic E-state index is 13.5. The minimum absolute atomic E-state index is 0.0346. The van der Waals surface area contributed by atoms with Gasteiger partial charge in [-0.25, -0.2) is 0 Å². The number of carbonyl (C=O) groups is 2. The summed E-state index contributed by atoms with van der Waals surface area (Å²) in [7, 11) is 1.55. The monoisotopic (exact) mass is 469 g/mol. The van der Waals surface area contributed by atoms with Crippen LogP contribution in [0.25, 0.3) is 5.76 Å². The van der Waals surface area contributed by atoms with Crippen LogP contribution in [0.3, 0.4) is 0 Å². The van der Waals surface area contributed by atoms with E-state index in [2.05, 4.69) is 0 Å². The van der Waals surface area contributed by atoms with E-state index in [0.717, 1.165) is 22.4 Å². The Bertz CT molecular complexity index is 1390. The molecule has 178 valence electrons. The van der Waals surface area contributed by atoms with Gasteiger partial charge in [0, 0.05) is 23.2 Å². The summed E-state index contributed by atoms with van der Waals surface area (Å²) in [6.07, 6.45) is 0.759. The lowest BCUT2D eigenvalue weighted by Gasteiger charge is -2.28. The van der Waals surface area contributed by atoms with Crippen LogP contribution < -0.4 is 14.4 Å². The summed E-state index contributed by atoms with van der Waals surface area (Å²) in [4.78, 5) is 28.5.